The second-order valence-corrected chi connectivity index (χ2v) is 6.01. The summed E-state index contributed by atoms with van der Waals surface area (Å²) in [6.07, 6.45) is 3.71. The maximum Gasteiger partial charge on any atom is 0.154 e. The van der Waals surface area contributed by atoms with Crippen LogP contribution in [-0.4, -0.2) is 46.3 Å². The number of anilines is 1. The fraction of sp³-hybridized carbons (Fsp3) is 0.471. The molecule has 2 aromatic heterocycles. The first-order valence-corrected chi connectivity index (χ1v) is 7.82. The number of hydrogen-bond acceptors (Lipinski definition) is 5. The van der Waals surface area contributed by atoms with Gasteiger partial charge in [-0.3, -0.25) is 9.88 Å². The number of piperazine rings is 1. The molecule has 3 heterocycles. The van der Waals surface area contributed by atoms with E-state index in [-0.39, 0.29) is 0 Å². The summed E-state index contributed by atoms with van der Waals surface area (Å²) in [5.41, 5.74) is 4.90. The molecule has 5 heteroatoms. The third kappa shape index (κ3) is 3.09. The predicted molar refractivity (Wildman–Crippen MR) is 88.0 cm³/mol. The minimum atomic E-state index is 0.930. The van der Waals surface area contributed by atoms with Crippen molar-refractivity contribution in [2.45, 2.75) is 27.3 Å². The first-order chi connectivity index (χ1) is 10.6. The van der Waals surface area contributed by atoms with E-state index < -0.39 is 0 Å². The van der Waals surface area contributed by atoms with Crippen LogP contribution in [0.2, 0.25) is 0 Å². The smallest absolute Gasteiger partial charge is 0.154 e. The summed E-state index contributed by atoms with van der Waals surface area (Å²) in [5, 5.41) is 8.43. The molecule has 1 aliphatic rings. The van der Waals surface area contributed by atoms with Gasteiger partial charge in [-0.15, -0.1) is 5.10 Å². The SMILES string of the molecule is Cc1cccnc1CN1CCN(c2nncc(C)c2C)CC1. The lowest BCUT2D eigenvalue weighted by atomic mass is 10.1. The topological polar surface area (TPSA) is 45.2 Å². The van der Waals surface area contributed by atoms with Crippen molar-refractivity contribution in [1.29, 1.82) is 0 Å². The van der Waals surface area contributed by atoms with Crippen molar-refractivity contribution >= 4 is 5.82 Å². The highest BCUT2D eigenvalue weighted by Gasteiger charge is 2.20. The van der Waals surface area contributed by atoms with Gasteiger partial charge in [0.05, 0.1) is 11.9 Å². The normalized spacial score (nSPS) is 16.0. The Hall–Kier alpha value is -2.01. The van der Waals surface area contributed by atoms with Crippen LogP contribution in [0.1, 0.15) is 22.4 Å². The standard InChI is InChI=1S/C17H23N5/c1-13-5-4-6-18-16(13)12-21-7-9-22(10-8-21)17-15(3)14(2)11-19-20-17/h4-6,11H,7-10,12H2,1-3H3. The van der Waals surface area contributed by atoms with E-state index in [0.29, 0.717) is 0 Å². The summed E-state index contributed by atoms with van der Waals surface area (Å²) >= 11 is 0. The minimum absolute atomic E-state index is 0.930. The molecule has 3 rings (SSSR count). The van der Waals surface area contributed by atoms with E-state index in [1.54, 1.807) is 0 Å². The Morgan fingerprint density at radius 1 is 1.05 bits per heavy atom. The summed E-state index contributed by atoms with van der Waals surface area (Å²) in [6.45, 7) is 11.3. The molecule has 0 unspecified atom stereocenters. The van der Waals surface area contributed by atoms with Crippen LogP contribution in [0.4, 0.5) is 5.82 Å². The quantitative estimate of drug-likeness (QED) is 0.868. The van der Waals surface area contributed by atoms with Crippen molar-refractivity contribution in [3.05, 3.63) is 46.9 Å². The molecule has 0 bridgehead atoms. The molecule has 0 aromatic carbocycles. The molecule has 22 heavy (non-hydrogen) atoms. The van der Waals surface area contributed by atoms with Gasteiger partial charge in [0.1, 0.15) is 0 Å². The van der Waals surface area contributed by atoms with Crippen LogP contribution in [0.25, 0.3) is 0 Å². The van der Waals surface area contributed by atoms with Gasteiger partial charge in [-0.1, -0.05) is 6.07 Å². The summed E-state index contributed by atoms with van der Waals surface area (Å²) in [4.78, 5) is 9.30. The molecule has 0 saturated carbocycles. The van der Waals surface area contributed by atoms with Gasteiger partial charge in [-0.2, -0.15) is 5.10 Å². The van der Waals surface area contributed by atoms with Crippen LogP contribution in [0, 0.1) is 20.8 Å². The predicted octanol–water partition coefficient (Wildman–Crippen LogP) is 2.12. The second kappa shape index (κ2) is 6.40. The molecule has 0 spiro atoms. The van der Waals surface area contributed by atoms with Gasteiger partial charge in [-0.05, 0) is 43.5 Å². The summed E-state index contributed by atoms with van der Waals surface area (Å²) in [6, 6.07) is 4.13. The maximum absolute atomic E-state index is 4.50. The molecular weight excluding hydrogens is 274 g/mol. The van der Waals surface area contributed by atoms with Crippen molar-refractivity contribution in [2.24, 2.45) is 0 Å². The van der Waals surface area contributed by atoms with E-state index in [1.807, 2.05) is 18.5 Å². The average Bonchev–Trinajstić information content (AvgIpc) is 2.53. The molecule has 1 aliphatic heterocycles. The Labute approximate surface area is 132 Å². The summed E-state index contributed by atoms with van der Waals surface area (Å²) < 4.78 is 0. The van der Waals surface area contributed by atoms with Crippen LogP contribution < -0.4 is 4.90 Å². The molecule has 5 nitrogen and oxygen atoms in total. The van der Waals surface area contributed by atoms with Crippen molar-refractivity contribution in [3.8, 4) is 0 Å². The number of rotatable bonds is 3. The lowest BCUT2D eigenvalue weighted by Crippen LogP contribution is -2.46. The van der Waals surface area contributed by atoms with Crippen LogP contribution in [0.3, 0.4) is 0 Å². The monoisotopic (exact) mass is 297 g/mol. The van der Waals surface area contributed by atoms with Gasteiger partial charge in [0.15, 0.2) is 5.82 Å². The van der Waals surface area contributed by atoms with E-state index in [2.05, 4.69) is 51.8 Å². The van der Waals surface area contributed by atoms with Gasteiger partial charge in [-0.25, -0.2) is 0 Å². The molecule has 0 aliphatic carbocycles. The zero-order valence-electron chi connectivity index (χ0n) is 13.6. The Bertz CT molecular complexity index is 647. The fourth-order valence-corrected chi connectivity index (χ4v) is 2.83. The van der Waals surface area contributed by atoms with Crippen LogP contribution in [0.5, 0.6) is 0 Å². The minimum Gasteiger partial charge on any atom is -0.352 e. The van der Waals surface area contributed by atoms with Crippen molar-refractivity contribution < 1.29 is 0 Å². The highest BCUT2D eigenvalue weighted by atomic mass is 15.3. The van der Waals surface area contributed by atoms with E-state index in [4.69, 9.17) is 0 Å². The Kier molecular flexibility index (Phi) is 4.34. The summed E-state index contributed by atoms with van der Waals surface area (Å²) in [5.74, 6) is 1.04. The van der Waals surface area contributed by atoms with Crippen molar-refractivity contribution in [3.63, 3.8) is 0 Å². The number of hydrogen-bond donors (Lipinski definition) is 0. The van der Waals surface area contributed by atoms with Crippen LogP contribution in [0.15, 0.2) is 24.5 Å². The van der Waals surface area contributed by atoms with Crippen molar-refractivity contribution in [1.82, 2.24) is 20.1 Å². The molecule has 0 radical (unpaired) electrons. The van der Waals surface area contributed by atoms with Gasteiger partial charge in [0.2, 0.25) is 0 Å². The molecule has 0 atom stereocenters. The molecule has 116 valence electrons. The van der Waals surface area contributed by atoms with Crippen molar-refractivity contribution in [2.75, 3.05) is 31.1 Å². The number of aromatic nitrogens is 3. The lowest BCUT2D eigenvalue weighted by molar-refractivity contribution is 0.246. The third-order valence-corrected chi connectivity index (χ3v) is 4.49. The first kappa shape index (κ1) is 14.9. The summed E-state index contributed by atoms with van der Waals surface area (Å²) in [7, 11) is 0. The third-order valence-electron chi connectivity index (χ3n) is 4.49. The largest absolute Gasteiger partial charge is 0.352 e. The van der Waals surface area contributed by atoms with Crippen LogP contribution in [-0.2, 0) is 6.54 Å². The lowest BCUT2D eigenvalue weighted by Gasteiger charge is -2.35. The van der Waals surface area contributed by atoms with Gasteiger partial charge in [0.25, 0.3) is 0 Å². The Morgan fingerprint density at radius 2 is 1.82 bits per heavy atom. The van der Waals surface area contributed by atoms with E-state index in [1.165, 1.54) is 22.4 Å². The average molecular weight is 297 g/mol. The fourth-order valence-electron chi connectivity index (χ4n) is 2.83. The van der Waals surface area contributed by atoms with E-state index in [0.717, 1.165) is 38.5 Å². The van der Waals surface area contributed by atoms with Gasteiger partial charge in [0, 0.05) is 38.9 Å². The Balaban J connectivity index is 1.63. The molecule has 1 fully saturated rings. The molecular formula is C17H23N5. The zero-order valence-corrected chi connectivity index (χ0v) is 13.6. The van der Waals surface area contributed by atoms with E-state index >= 15 is 0 Å². The molecule has 2 aromatic rings. The Morgan fingerprint density at radius 3 is 2.55 bits per heavy atom. The molecule has 1 saturated heterocycles. The maximum atomic E-state index is 4.50. The zero-order chi connectivity index (χ0) is 15.5. The highest BCUT2D eigenvalue weighted by molar-refractivity contribution is 5.48. The van der Waals surface area contributed by atoms with Crippen LogP contribution >= 0.6 is 0 Å². The van der Waals surface area contributed by atoms with Gasteiger partial charge < -0.3 is 4.90 Å². The highest BCUT2D eigenvalue weighted by Crippen LogP contribution is 2.20. The van der Waals surface area contributed by atoms with Gasteiger partial charge >= 0.3 is 0 Å². The van der Waals surface area contributed by atoms with E-state index in [9.17, 15) is 0 Å². The second-order valence-electron chi connectivity index (χ2n) is 6.01. The number of pyridine rings is 1. The number of aryl methyl sites for hydroxylation is 2. The molecule has 0 amide bonds. The first-order valence-electron chi connectivity index (χ1n) is 7.82. The molecule has 0 N–H and O–H groups in total. The number of nitrogens with zero attached hydrogens (tertiary/aromatic N) is 5.